The van der Waals surface area contributed by atoms with E-state index < -0.39 is 45.6 Å². The molecule has 8 heteroatoms. The number of halogens is 3. The van der Waals surface area contributed by atoms with E-state index in [0.717, 1.165) is 6.07 Å². The molecule has 0 spiro atoms. The van der Waals surface area contributed by atoms with Crippen LogP contribution in [0, 0.1) is 5.82 Å². The lowest BCUT2D eigenvalue weighted by Gasteiger charge is -2.31. The number of rotatable bonds is 5. The van der Waals surface area contributed by atoms with Gasteiger partial charge < -0.3 is 14.8 Å². The molecule has 0 aliphatic rings. The van der Waals surface area contributed by atoms with Crippen molar-refractivity contribution in [2.45, 2.75) is 50.9 Å². The van der Waals surface area contributed by atoms with Crippen molar-refractivity contribution < 1.29 is 27.9 Å². The Morgan fingerprint density at radius 2 is 1.79 bits per heavy atom. The Bertz CT molecular complexity index is 627. The summed E-state index contributed by atoms with van der Waals surface area (Å²) in [6, 6.07) is 3.26. The van der Waals surface area contributed by atoms with E-state index in [-0.39, 0.29) is 11.3 Å². The van der Waals surface area contributed by atoms with Crippen LogP contribution in [0.3, 0.4) is 0 Å². The molecule has 1 aromatic rings. The number of benzene rings is 1. The first-order chi connectivity index (χ1) is 10.8. The highest BCUT2D eigenvalue weighted by atomic mass is 32.2. The van der Waals surface area contributed by atoms with Crippen molar-refractivity contribution in [2.75, 3.05) is 6.61 Å². The standard InChI is InChI=1S/C16H22F3NO3S/c1-10(20-24(23)14(2,3)4)11-7-6-8-12(13(11)17)16(18,19)15(5,22)9-21/h6-8,21-22H,9H2,1-5H3/t15-,24-/m1/s1. The van der Waals surface area contributed by atoms with E-state index >= 15 is 0 Å². The zero-order chi connectivity index (χ0) is 18.9. The summed E-state index contributed by atoms with van der Waals surface area (Å²) in [4.78, 5) is 0. The molecule has 0 saturated carbocycles. The second kappa shape index (κ2) is 7.03. The first-order valence-electron chi connectivity index (χ1n) is 7.23. The SMILES string of the molecule is CC(=N[S@+]([O-])C(C)(C)C)c1cccc(C(F)(F)[C@](C)(O)CO)c1F. The van der Waals surface area contributed by atoms with Gasteiger partial charge in [-0.2, -0.15) is 8.78 Å². The summed E-state index contributed by atoms with van der Waals surface area (Å²) in [5.74, 6) is -5.30. The third-order valence-corrected chi connectivity index (χ3v) is 4.94. The molecular weight excluding hydrogens is 343 g/mol. The van der Waals surface area contributed by atoms with Gasteiger partial charge in [-0.25, -0.2) is 4.39 Å². The number of alkyl halides is 2. The van der Waals surface area contributed by atoms with Crippen LogP contribution in [0.2, 0.25) is 0 Å². The van der Waals surface area contributed by atoms with E-state index in [1.165, 1.54) is 19.1 Å². The lowest BCUT2D eigenvalue weighted by atomic mass is 9.90. The molecule has 0 bridgehead atoms. The molecule has 0 fully saturated rings. The van der Waals surface area contributed by atoms with Crippen molar-refractivity contribution >= 4 is 17.1 Å². The number of aliphatic hydroxyl groups excluding tert-OH is 1. The van der Waals surface area contributed by atoms with Crippen LogP contribution < -0.4 is 0 Å². The zero-order valence-corrected chi connectivity index (χ0v) is 15.0. The molecule has 0 aliphatic carbocycles. The summed E-state index contributed by atoms with van der Waals surface area (Å²) in [5.41, 5.74) is -4.12. The normalized spacial score (nSPS) is 17.5. The number of hydrogen-bond donors (Lipinski definition) is 2. The third-order valence-electron chi connectivity index (χ3n) is 3.45. The van der Waals surface area contributed by atoms with Crippen LogP contribution in [0.15, 0.2) is 22.6 Å². The van der Waals surface area contributed by atoms with Gasteiger partial charge in [0.2, 0.25) is 0 Å². The van der Waals surface area contributed by atoms with Gasteiger partial charge in [0.05, 0.1) is 17.9 Å². The largest absolute Gasteiger partial charge is 0.591 e. The van der Waals surface area contributed by atoms with Crippen molar-refractivity contribution in [1.29, 1.82) is 0 Å². The lowest BCUT2D eigenvalue weighted by Crippen LogP contribution is -2.47. The fraction of sp³-hybridized carbons (Fsp3) is 0.562. The molecule has 0 aromatic heterocycles. The monoisotopic (exact) mass is 365 g/mol. The van der Waals surface area contributed by atoms with E-state index in [2.05, 4.69) is 4.40 Å². The van der Waals surface area contributed by atoms with E-state index in [1.54, 1.807) is 20.8 Å². The molecule has 0 unspecified atom stereocenters. The van der Waals surface area contributed by atoms with Gasteiger partial charge >= 0.3 is 5.92 Å². The minimum atomic E-state index is -4.02. The van der Waals surface area contributed by atoms with Gasteiger partial charge in [-0.15, -0.1) is 0 Å². The molecule has 0 heterocycles. The highest BCUT2D eigenvalue weighted by molar-refractivity contribution is 7.91. The smallest absolute Gasteiger partial charge is 0.306 e. The molecule has 4 nitrogen and oxygen atoms in total. The molecule has 2 atom stereocenters. The fourth-order valence-corrected chi connectivity index (χ4v) is 2.37. The topological polar surface area (TPSA) is 75.9 Å². The van der Waals surface area contributed by atoms with Crippen LogP contribution in [0.5, 0.6) is 0 Å². The summed E-state index contributed by atoms with van der Waals surface area (Å²) >= 11 is -1.68. The van der Waals surface area contributed by atoms with E-state index in [9.17, 15) is 22.8 Å². The van der Waals surface area contributed by atoms with Crippen LogP contribution >= 0.6 is 0 Å². The molecule has 1 rings (SSSR count). The van der Waals surface area contributed by atoms with Gasteiger partial charge in [0.1, 0.15) is 21.9 Å². The molecule has 0 aliphatic heterocycles. The average molecular weight is 365 g/mol. The molecule has 24 heavy (non-hydrogen) atoms. The Kier molecular flexibility index (Phi) is 6.14. The average Bonchev–Trinajstić information content (AvgIpc) is 2.45. The van der Waals surface area contributed by atoms with Crippen LogP contribution in [-0.4, -0.2) is 37.4 Å². The summed E-state index contributed by atoms with van der Waals surface area (Å²) in [7, 11) is 0. The Morgan fingerprint density at radius 1 is 1.25 bits per heavy atom. The Labute approximate surface area is 142 Å². The van der Waals surface area contributed by atoms with Gasteiger partial charge in [0.15, 0.2) is 5.60 Å². The maximum absolute atomic E-state index is 14.6. The molecule has 136 valence electrons. The van der Waals surface area contributed by atoms with E-state index in [0.29, 0.717) is 6.92 Å². The first kappa shape index (κ1) is 21.0. The van der Waals surface area contributed by atoms with Crippen molar-refractivity contribution in [2.24, 2.45) is 4.40 Å². The van der Waals surface area contributed by atoms with Gasteiger partial charge in [-0.3, -0.25) is 0 Å². The van der Waals surface area contributed by atoms with Crippen LogP contribution in [0.25, 0.3) is 0 Å². The second-order valence-electron chi connectivity index (χ2n) is 6.71. The predicted molar refractivity (Wildman–Crippen MR) is 88.1 cm³/mol. The molecule has 0 amide bonds. The number of hydrogen-bond acceptors (Lipinski definition) is 4. The highest BCUT2D eigenvalue weighted by Crippen LogP contribution is 2.40. The van der Waals surface area contributed by atoms with E-state index in [1.807, 2.05) is 0 Å². The second-order valence-corrected chi connectivity index (χ2v) is 8.62. The van der Waals surface area contributed by atoms with Crippen molar-refractivity contribution in [1.82, 2.24) is 0 Å². The Balaban J connectivity index is 3.40. The van der Waals surface area contributed by atoms with Crippen molar-refractivity contribution in [3.63, 3.8) is 0 Å². The minimum absolute atomic E-state index is 0.00190. The van der Waals surface area contributed by atoms with Crippen LogP contribution in [-0.2, 0) is 17.3 Å². The minimum Gasteiger partial charge on any atom is -0.591 e. The molecular formula is C16H22F3NO3S. The Hall–Kier alpha value is -1.09. The van der Waals surface area contributed by atoms with Crippen LogP contribution in [0.1, 0.15) is 45.7 Å². The number of nitrogens with zero attached hydrogens (tertiary/aromatic N) is 1. The lowest BCUT2D eigenvalue weighted by molar-refractivity contribution is -0.196. The van der Waals surface area contributed by atoms with Gasteiger partial charge in [-0.05, 0) is 40.7 Å². The third kappa shape index (κ3) is 4.11. The number of aliphatic hydroxyl groups is 2. The maximum atomic E-state index is 14.6. The summed E-state index contributed by atoms with van der Waals surface area (Å²) in [6.45, 7) is 5.88. The summed E-state index contributed by atoms with van der Waals surface area (Å²) in [5, 5.41) is 18.6. The quantitative estimate of drug-likeness (QED) is 0.622. The zero-order valence-electron chi connectivity index (χ0n) is 14.2. The summed E-state index contributed by atoms with van der Waals surface area (Å²) in [6.07, 6.45) is 0. The highest BCUT2D eigenvalue weighted by Gasteiger charge is 2.52. The van der Waals surface area contributed by atoms with Crippen molar-refractivity contribution in [3.8, 4) is 0 Å². The first-order valence-corrected chi connectivity index (χ1v) is 8.34. The van der Waals surface area contributed by atoms with Gasteiger partial charge in [0, 0.05) is 5.56 Å². The van der Waals surface area contributed by atoms with Gasteiger partial charge in [-0.1, -0.05) is 16.5 Å². The summed E-state index contributed by atoms with van der Waals surface area (Å²) < 4.78 is 58.5. The van der Waals surface area contributed by atoms with Crippen molar-refractivity contribution in [3.05, 3.63) is 35.1 Å². The maximum Gasteiger partial charge on any atom is 0.306 e. The predicted octanol–water partition coefficient (Wildman–Crippen LogP) is 2.93. The fourth-order valence-electron chi connectivity index (χ4n) is 1.75. The molecule has 0 saturated heterocycles. The molecule has 0 radical (unpaired) electrons. The van der Waals surface area contributed by atoms with Crippen LogP contribution in [0.4, 0.5) is 13.2 Å². The molecule has 1 aromatic carbocycles. The molecule has 2 N–H and O–H groups in total. The Morgan fingerprint density at radius 3 is 2.25 bits per heavy atom. The van der Waals surface area contributed by atoms with Gasteiger partial charge in [0.25, 0.3) is 0 Å². The van der Waals surface area contributed by atoms with E-state index in [4.69, 9.17) is 5.11 Å².